The maximum atomic E-state index is 12.5. The van der Waals surface area contributed by atoms with Crippen molar-refractivity contribution in [1.82, 2.24) is 10.6 Å². The van der Waals surface area contributed by atoms with Crippen molar-refractivity contribution in [2.75, 3.05) is 13.7 Å². The van der Waals surface area contributed by atoms with Crippen LogP contribution in [0.4, 0.5) is 4.79 Å². The summed E-state index contributed by atoms with van der Waals surface area (Å²) in [6.07, 6.45) is 0.831. The summed E-state index contributed by atoms with van der Waals surface area (Å²) in [5.41, 5.74) is 0.484. The van der Waals surface area contributed by atoms with Gasteiger partial charge >= 0.3 is 12.1 Å². The molecule has 0 heterocycles. The summed E-state index contributed by atoms with van der Waals surface area (Å²) >= 11 is 2.05. The van der Waals surface area contributed by atoms with Gasteiger partial charge in [0.1, 0.15) is 17.8 Å². The van der Waals surface area contributed by atoms with Crippen LogP contribution >= 0.6 is 22.6 Å². The number of amides is 2. The summed E-state index contributed by atoms with van der Waals surface area (Å²) in [5, 5.41) is 13.8. The topological polar surface area (TPSA) is 114 Å². The molecule has 0 aliphatic heterocycles. The molecule has 2 atom stereocenters. The number of rotatable bonds is 9. The number of carboxylic acids is 1. The molecule has 9 heteroatoms. The quantitative estimate of drug-likeness (QED) is 0.371. The van der Waals surface area contributed by atoms with Crippen LogP contribution < -0.4 is 15.4 Å². The van der Waals surface area contributed by atoms with Crippen LogP contribution in [0.1, 0.15) is 38.3 Å². The van der Waals surface area contributed by atoms with Gasteiger partial charge in [0.05, 0.1) is 17.3 Å². The molecule has 8 nitrogen and oxygen atoms in total. The summed E-state index contributed by atoms with van der Waals surface area (Å²) in [7, 11) is 1.53. The fourth-order valence-corrected chi connectivity index (χ4v) is 2.75. The first-order chi connectivity index (χ1) is 12.3. The Kier molecular flexibility index (Phi) is 9.17. The van der Waals surface area contributed by atoms with Crippen LogP contribution in [0.2, 0.25) is 0 Å². The third kappa shape index (κ3) is 6.70. The number of carbonyl (C=O) groups is 3. The Labute approximate surface area is 165 Å². The van der Waals surface area contributed by atoms with Gasteiger partial charge in [0.2, 0.25) is 5.91 Å². The third-order valence-electron chi connectivity index (χ3n) is 3.49. The number of unbranched alkanes of at least 4 members (excludes halogenated alkanes) is 1. The fraction of sp³-hybridized carbons (Fsp3) is 0.471. The summed E-state index contributed by atoms with van der Waals surface area (Å²) in [6, 6.07) is 2.79. The van der Waals surface area contributed by atoms with Crippen LogP contribution in [0, 0.1) is 3.57 Å². The molecule has 0 spiro atoms. The summed E-state index contributed by atoms with van der Waals surface area (Å²) in [5.74, 6) is -1.20. The minimum atomic E-state index is -1.17. The number of aliphatic carboxylic acids is 1. The molecule has 26 heavy (non-hydrogen) atoms. The highest BCUT2D eigenvalue weighted by molar-refractivity contribution is 14.1. The first kappa shape index (κ1) is 22.0. The van der Waals surface area contributed by atoms with Crippen molar-refractivity contribution in [1.29, 1.82) is 0 Å². The normalized spacial score (nSPS) is 12.6. The molecule has 0 saturated heterocycles. The highest BCUT2D eigenvalue weighted by Crippen LogP contribution is 2.25. The van der Waals surface area contributed by atoms with E-state index in [1.165, 1.54) is 14.0 Å². The van der Waals surface area contributed by atoms with E-state index in [0.717, 1.165) is 9.99 Å². The first-order valence-electron chi connectivity index (χ1n) is 8.10. The van der Waals surface area contributed by atoms with Crippen molar-refractivity contribution in [3.8, 4) is 5.75 Å². The zero-order valence-corrected chi connectivity index (χ0v) is 17.0. The van der Waals surface area contributed by atoms with Crippen molar-refractivity contribution in [2.45, 2.75) is 38.8 Å². The fourth-order valence-electron chi connectivity index (χ4n) is 1.99. The number of benzene rings is 1. The van der Waals surface area contributed by atoms with Crippen molar-refractivity contribution in [3.05, 3.63) is 27.3 Å². The predicted molar refractivity (Wildman–Crippen MR) is 103 cm³/mol. The van der Waals surface area contributed by atoms with Crippen molar-refractivity contribution >= 4 is 40.6 Å². The molecular formula is C17H23IN2O6. The largest absolute Gasteiger partial charge is 0.496 e. The van der Waals surface area contributed by atoms with E-state index < -0.39 is 30.1 Å². The molecule has 0 aromatic heterocycles. The Balaban J connectivity index is 3.00. The predicted octanol–water partition coefficient (Wildman–Crippen LogP) is 2.46. The molecule has 0 aliphatic rings. The van der Waals surface area contributed by atoms with Gasteiger partial charge in [-0.15, -0.1) is 0 Å². The molecule has 144 valence electrons. The SMILES string of the molecule is CCCCOC(=O)N[C@H](C(=O)N[C@@H](C)C(=O)O)c1ccc(OC)c(I)c1. The summed E-state index contributed by atoms with van der Waals surface area (Å²) in [4.78, 5) is 35.5. The summed E-state index contributed by atoms with van der Waals surface area (Å²) < 4.78 is 11.0. The maximum absolute atomic E-state index is 12.5. The van der Waals surface area contributed by atoms with Crippen LogP contribution in [0.25, 0.3) is 0 Å². The lowest BCUT2D eigenvalue weighted by Gasteiger charge is -2.21. The van der Waals surface area contributed by atoms with Gasteiger partial charge in [-0.25, -0.2) is 4.79 Å². The molecule has 1 aromatic rings. The van der Waals surface area contributed by atoms with Gasteiger partial charge in [0, 0.05) is 0 Å². The highest BCUT2D eigenvalue weighted by Gasteiger charge is 2.27. The van der Waals surface area contributed by atoms with E-state index in [-0.39, 0.29) is 6.61 Å². The number of carbonyl (C=O) groups excluding carboxylic acids is 2. The Bertz CT molecular complexity index is 652. The second kappa shape index (κ2) is 10.8. The average Bonchev–Trinajstić information content (AvgIpc) is 2.59. The van der Waals surface area contributed by atoms with Crippen molar-refractivity contribution in [2.24, 2.45) is 0 Å². The number of ether oxygens (including phenoxy) is 2. The van der Waals surface area contributed by atoms with Gasteiger partial charge in [0.25, 0.3) is 0 Å². The number of carboxylic acid groups (broad SMARTS) is 1. The molecule has 0 radical (unpaired) electrons. The number of nitrogens with one attached hydrogen (secondary N) is 2. The van der Waals surface area contributed by atoms with E-state index in [2.05, 4.69) is 10.6 Å². The smallest absolute Gasteiger partial charge is 0.408 e. The molecule has 2 amide bonds. The van der Waals surface area contributed by atoms with E-state index >= 15 is 0 Å². The van der Waals surface area contributed by atoms with Gasteiger partial charge in [-0.05, 0) is 53.6 Å². The van der Waals surface area contributed by atoms with E-state index in [0.29, 0.717) is 17.7 Å². The lowest BCUT2D eigenvalue weighted by molar-refractivity contribution is -0.141. The third-order valence-corrected chi connectivity index (χ3v) is 4.34. The van der Waals surface area contributed by atoms with Gasteiger partial charge in [-0.1, -0.05) is 19.4 Å². The number of hydrogen-bond acceptors (Lipinski definition) is 5. The summed E-state index contributed by atoms with van der Waals surface area (Å²) in [6.45, 7) is 3.54. The lowest BCUT2D eigenvalue weighted by atomic mass is 10.1. The molecule has 0 bridgehead atoms. The Morgan fingerprint density at radius 3 is 2.50 bits per heavy atom. The molecule has 0 fully saturated rings. The first-order valence-corrected chi connectivity index (χ1v) is 9.17. The van der Waals surface area contributed by atoms with E-state index in [4.69, 9.17) is 14.6 Å². The molecule has 0 saturated carbocycles. The number of alkyl carbamates (subject to hydrolysis) is 1. The monoisotopic (exact) mass is 478 g/mol. The van der Waals surface area contributed by atoms with Crippen LogP contribution in [-0.2, 0) is 14.3 Å². The molecule has 0 aliphatic carbocycles. The van der Waals surface area contributed by atoms with Gasteiger partial charge in [-0.2, -0.15) is 0 Å². The second-order valence-corrected chi connectivity index (χ2v) is 6.69. The zero-order chi connectivity index (χ0) is 19.7. The maximum Gasteiger partial charge on any atom is 0.408 e. The van der Waals surface area contributed by atoms with Crippen LogP contribution in [0.3, 0.4) is 0 Å². The minimum Gasteiger partial charge on any atom is -0.496 e. The molecule has 1 rings (SSSR count). The molecule has 1 aromatic carbocycles. The van der Waals surface area contributed by atoms with Gasteiger partial charge in [-0.3, -0.25) is 9.59 Å². The van der Waals surface area contributed by atoms with E-state index in [9.17, 15) is 14.4 Å². The van der Waals surface area contributed by atoms with E-state index in [1.807, 2.05) is 29.5 Å². The minimum absolute atomic E-state index is 0.238. The van der Waals surface area contributed by atoms with Crippen LogP contribution in [-0.4, -0.2) is 42.8 Å². The Morgan fingerprint density at radius 1 is 1.27 bits per heavy atom. The Morgan fingerprint density at radius 2 is 1.96 bits per heavy atom. The van der Waals surface area contributed by atoms with Gasteiger partial charge in [0.15, 0.2) is 0 Å². The molecule has 3 N–H and O–H groups in total. The highest BCUT2D eigenvalue weighted by atomic mass is 127. The zero-order valence-electron chi connectivity index (χ0n) is 14.9. The average molecular weight is 478 g/mol. The van der Waals surface area contributed by atoms with Crippen molar-refractivity contribution in [3.63, 3.8) is 0 Å². The van der Waals surface area contributed by atoms with Crippen molar-refractivity contribution < 1.29 is 29.0 Å². The number of methoxy groups -OCH3 is 1. The Hall–Kier alpha value is -2.04. The second-order valence-electron chi connectivity index (χ2n) is 5.53. The molecular weight excluding hydrogens is 455 g/mol. The van der Waals surface area contributed by atoms with Gasteiger partial charge < -0.3 is 25.2 Å². The number of hydrogen-bond donors (Lipinski definition) is 3. The lowest BCUT2D eigenvalue weighted by Crippen LogP contribution is -2.46. The van der Waals surface area contributed by atoms with E-state index in [1.54, 1.807) is 18.2 Å². The van der Waals surface area contributed by atoms with Crippen LogP contribution in [0.5, 0.6) is 5.75 Å². The molecule has 0 unspecified atom stereocenters. The standard InChI is InChI=1S/C17H23IN2O6/c1-4-5-8-26-17(24)20-14(15(21)19-10(2)16(22)23)11-6-7-13(25-3)12(18)9-11/h6-7,9-10,14H,4-5,8H2,1-3H3,(H,19,21)(H,20,24)(H,22,23)/t10-,14-/m0/s1. The van der Waals surface area contributed by atoms with Crippen LogP contribution in [0.15, 0.2) is 18.2 Å². The number of halogens is 1.